The van der Waals surface area contributed by atoms with Crippen LogP contribution in [-0.2, 0) is 4.79 Å². The molecule has 0 fully saturated rings. The first kappa shape index (κ1) is 15.7. The van der Waals surface area contributed by atoms with Gasteiger partial charge in [0.1, 0.15) is 17.9 Å². The Morgan fingerprint density at radius 1 is 1.32 bits per heavy atom. The lowest BCUT2D eigenvalue weighted by Gasteiger charge is -2.18. The molecule has 1 aromatic carbocycles. The van der Waals surface area contributed by atoms with Crippen molar-refractivity contribution in [1.82, 2.24) is 15.1 Å². The Bertz CT molecular complexity index is 681. The number of nitrogens with one attached hydrogen (secondary N) is 1. The summed E-state index contributed by atoms with van der Waals surface area (Å²) in [7, 11) is 0. The van der Waals surface area contributed by atoms with E-state index in [-0.39, 0.29) is 17.6 Å². The molecule has 1 N–H and O–H groups in total. The van der Waals surface area contributed by atoms with E-state index >= 15 is 0 Å². The summed E-state index contributed by atoms with van der Waals surface area (Å²) >= 11 is 0. The van der Waals surface area contributed by atoms with E-state index in [9.17, 15) is 14.9 Å². The number of carbonyl (C=O) groups is 1. The van der Waals surface area contributed by atoms with Crippen molar-refractivity contribution in [1.29, 1.82) is 0 Å². The van der Waals surface area contributed by atoms with Gasteiger partial charge in [0, 0.05) is 0 Å². The zero-order chi connectivity index (χ0) is 16.3. The predicted molar refractivity (Wildman–Crippen MR) is 81.3 cm³/mol. The fraction of sp³-hybridized carbons (Fsp3) is 0.333. The number of amides is 1. The topological polar surface area (TPSA) is 90.1 Å². The van der Waals surface area contributed by atoms with Gasteiger partial charge in [-0.2, -0.15) is 5.10 Å². The van der Waals surface area contributed by atoms with Gasteiger partial charge in [0.05, 0.1) is 11.0 Å². The average Bonchev–Trinajstić information content (AvgIpc) is 2.89. The molecule has 0 aliphatic carbocycles. The number of nitrogens with zero attached hydrogens (tertiary/aromatic N) is 3. The van der Waals surface area contributed by atoms with E-state index in [1.54, 1.807) is 13.8 Å². The summed E-state index contributed by atoms with van der Waals surface area (Å²) < 4.78 is 1.32. The van der Waals surface area contributed by atoms with Gasteiger partial charge in [-0.3, -0.25) is 19.6 Å². The molecule has 0 saturated carbocycles. The van der Waals surface area contributed by atoms with Crippen LogP contribution in [0.25, 0.3) is 0 Å². The van der Waals surface area contributed by atoms with Crippen LogP contribution in [0.15, 0.2) is 36.5 Å². The van der Waals surface area contributed by atoms with E-state index in [4.69, 9.17) is 0 Å². The Labute approximate surface area is 128 Å². The number of aromatic nitrogens is 2. The van der Waals surface area contributed by atoms with E-state index in [0.29, 0.717) is 5.69 Å². The molecule has 1 amide bonds. The Morgan fingerprint density at radius 3 is 2.50 bits per heavy atom. The minimum atomic E-state index is -0.626. The number of rotatable bonds is 5. The minimum absolute atomic E-state index is 0.0873. The van der Waals surface area contributed by atoms with Crippen molar-refractivity contribution in [3.05, 3.63) is 57.9 Å². The molecule has 1 heterocycles. The summed E-state index contributed by atoms with van der Waals surface area (Å²) in [5.74, 6) is -0.242. The second kappa shape index (κ2) is 6.38. The molecule has 0 bridgehead atoms. The molecule has 2 unspecified atom stereocenters. The van der Waals surface area contributed by atoms with Crippen LogP contribution in [-0.4, -0.2) is 20.6 Å². The van der Waals surface area contributed by atoms with E-state index in [2.05, 4.69) is 10.4 Å². The molecule has 0 radical (unpaired) electrons. The number of carbonyl (C=O) groups excluding carboxylic acids is 1. The first-order valence-corrected chi connectivity index (χ1v) is 6.95. The molecular weight excluding hydrogens is 284 g/mol. The SMILES string of the molecule is Cc1nn(C(C)C(=O)NC(C)c2ccccc2)cc1[N+](=O)[O-]. The van der Waals surface area contributed by atoms with Crippen molar-refractivity contribution in [2.24, 2.45) is 0 Å². The Balaban J connectivity index is 2.09. The molecule has 0 aliphatic rings. The van der Waals surface area contributed by atoms with Gasteiger partial charge >= 0.3 is 5.69 Å². The van der Waals surface area contributed by atoms with Gasteiger partial charge in [-0.1, -0.05) is 30.3 Å². The van der Waals surface area contributed by atoms with Crippen LogP contribution >= 0.6 is 0 Å². The van der Waals surface area contributed by atoms with Crippen LogP contribution in [0.4, 0.5) is 5.69 Å². The molecule has 116 valence electrons. The lowest BCUT2D eigenvalue weighted by molar-refractivity contribution is -0.385. The molecule has 0 saturated heterocycles. The van der Waals surface area contributed by atoms with E-state index in [1.165, 1.54) is 10.9 Å². The highest BCUT2D eigenvalue weighted by Crippen LogP contribution is 2.19. The number of hydrogen-bond acceptors (Lipinski definition) is 4. The van der Waals surface area contributed by atoms with Crippen molar-refractivity contribution < 1.29 is 9.72 Å². The van der Waals surface area contributed by atoms with Crippen molar-refractivity contribution in [2.45, 2.75) is 32.9 Å². The standard InChI is InChI=1S/C15H18N4O3/c1-10(13-7-5-4-6-8-13)16-15(20)12(3)18-9-14(19(21)22)11(2)17-18/h4-10,12H,1-3H3,(H,16,20). The van der Waals surface area contributed by atoms with Crippen LogP contribution in [0.5, 0.6) is 0 Å². The predicted octanol–water partition coefficient (Wildman–Crippen LogP) is 2.54. The fourth-order valence-electron chi connectivity index (χ4n) is 2.13. The van der Waals surface area contributed by atoms with Crippen molar-refractivity contribution in [3.63, 3.8) is 0 Å². The van der Waals surface area contributed by atoms with Crippen molar-refractivity contribution in [3.8, 4) is 0 Å². The van der Waals surface area contributed by atoms with Gasteiger partial charge in [-0.05, 0) is 26.3 Å². The molecule has 0 aliphatic heterocycles. The van der Waals surface area contributed by atoms with Gasteiger partial charge in [0.25, 0.3) is 0 Å². The quantitative estimate of drug-likeness (QED) is 0.679. The van der Waals surface area contributed by atoms with E-state index < -0.39 is 11.0 Å². The highest BCUT2D eigenvalue weighted by molar-refractivity contribution is 5.80. The lowest BCUT2D eigenvalue weighted by atomic mass is 10.1. The zero-order valence-electron chi connectivity index (χ0n) is 12.7. The zero-order valence-corrected chi connectivity index (χ0v) is 12.7. The largest absolute Gasteiger partial charge is 0.348 e. The third-order valence-electron chi connectivity index (χ3n) is 3.52. The molecule has 7 heteroatoms. The Kier molecular flexibility index (Phi) is 4.55. The smallest absolute Gasteiger partial charge is 0.309 e. The number of hydrogen-bond donors (Lipinski definition) is 1. The molecule has 2 aromatic rings. The van der Waals surface area contributed by atoms with Gasteiger partial charge in [0.15, 0.2) is 0 Å². The second-order valence-corrected chi connectivity index (χ2v) is 5.15. The maximum Gasteiger partial charge on any atom is 0.309 e. The van der Waals surface area contributed by atoms with Crippen molar-refractivity contribution >= 4 is 11.6 Å². The van der Waals surface area contributed by atoms with Crippen LogP contribution in [0, 0.1) is 17.0 Å². The maximum atomic E-state index is 12.3. The molecule has 1 aromatic heterocycles. The first-order valence-electron chi connectivity index (χ1n) is 6.95. The first-order chi connectivity index (χ1) is 10.4. The summed E-state index contributed by atoms with van der Waals surface area (Å²) in [6.45, 7) is 5.09. The van der Waals surface area contributed by atoms with Gasteiger partial charge in [-0.15, -0.1) is 0 Å². The summed E-state index contributed by atoms with van der Waals surface area (Å²) in [6, 6.07) is 8.80. The summed E-state index contributed by atoms with van der Waals surface area (Å²) in [4.78, 5) is 22.6. The number of aryl methyl sites for hydroxylation is 1. The summed E-state index contributed by atoms with van der Waals surface area (Å²) in [6.07, 6.45) is 1.28. The van der Waals surface area contributed by atoms with Crippen LogP contribution in [0.3, 0.4) is 0 Å². The molecule has 22 heavy (non-hydrogen) atoms. The monoisotopic (exact) mass is 302 g/mol. The maximum absolute atomic E-state index is 12.3. The second-order valence-electron chi connectivity index (χ2n) is 5.15. The summed E-state index contributed by atoms with van der Waals surface area (Å²) in [5, 5.41) is 17.8. The minimum Gasteiger partial charge on any atom is -0.348 e. The van der Waals surface area contributed by atoms with Crippen LogP contribution < -0.4 is 5.32 Å². The molecule has 2 atom stereocenters. The van der Waals surface area contributed by atoms with Gasteiger partial charge in [0.2, 0.25) is 5.91 Å². The van der Waals surface area contributed by atoms with Gasteiger partial charge < -0.3 is 5.32 Å². The van der Waals surface area contributed by atoms with E-state index in [0.717, 1.165) is 5.56 Å². The summed E-state index contributed by atoms with van der Waals surface area (Å²) in [5.41, 5.74) is 1.20. The fourth-order valence-corrected chi connectivity index (χ4v) is 2.13. The van der Waals surface area contributed by atoms with Gasteiger partial charge in [-0.25, -0.2) is 0 Å². The average molecular weight is 302 g/mol. The van der Waals surface area contributed by atoms with Crippen LogP contribution in [0.2, 0.25) is 0 Å². The molecule has 2 rings (SSSR count). The normalized spacial score (nSPS) is 13.4. The molecule has 7 nitrogen and oxygen atoms in total. The van der Waals surface area contributed by atoms with Crippen molar-refractivity contribution in [2.75, 3.05) is 0 Å². The Morgan fingerprint density at radius 2 is 1.95 bits per heavy atom. The van der Waals surface area contributed by atoms with Crippen LogP contribution in [0.1, 0.15) is 37.2 Å². The number of benzene rings is 1. The highest BCUT2D eigenvalue weighted by Gasteiger charge is 2.23. The third kappa shape index (κ3) is 3.30. The molecule has 0 spiro atoms. The Hall–Kier alpha value is -2.70. The highest BCUT2D eigenvalue weighted by atomic mass is 16.6. The lowest BCUT2D eigenvalue weighted by Crippen LogP contribution is -2.33. The third-order valence-corrected chi connectivity index (χ3v) is 3.52. The number of nitro groups is 1. The molecular formula is C15H18N4O3. The van der Waals surface area contributed by atoms with E-state index in [1.807, 2.05) is 37.3 Å².